The van der Waals surface area contributed by atoms with Crippen molar-refractivity contribution in [2.75, 3.05) is 0 Å². The number of hydrogen-bond acceptors (Lipinski definition) is 0. The van der Waals surface area contributed by atoms with E-state index in [0.29, 0.717) is 10.0 Å². The molecule has 0 radical (unpaired) electrons. The minimum Gasteiger partial charge on any atom is -0.0827 e. The van der Waals surface area contributed by atoms with E-state index in [1.54, 1.807) is 0 Å². The second kappa shape index (κ2) is 4.88. The van der Waals surface area contributed by atoms with Crippen LogP contribution in [0.5, 0.6) is 0 Å². The van der Waals surface area contributed by atoms with Gasteiger partial charge >= 0.3 is 0 Å². The molecule has 0 bridgehead atoms. The molecule has 0 aliphatic rings. The Morgan fingerprint density at radius 3 is 2.54 bits per heavy atom. The smallest absolute Gasteiger partial charge is 0.0624 e. The fourth-order valence-corrected chi connectivity index (χ4v) is 1.72. The van der Waals surface area contributed by atoms with Gasteiger partial charge in [0.1, 0.15) is 0 Å². The van der Waals surface area contributed by atoms with Gasteiger partial charge in [0, 0.05) is 0 Å². The van der Waals surface area contributed by atoms with Crippen LogP contribution >= 0.6 is 23.2 Å². The average Bonchev–Trinajstić information content (AvgIpc) is 2.13. The van der Waals surface area contributed by atoms with Crippen LogP contribution < -0.4 is 0 Å². The molecule has 0 N–H and O–H groups in total. The van der Waals surface area contributed by atoms with Gasteiger partial charge in [0.15, 0.2) is 0 Å². The van der Waals surface area contributed by atoms with Gasteiger partial charge in [-0.05, 0) is 37.0 Å². The molecule has 0 nitrogen and oxygen atoms in total. The fraction of sp³-hybridized carbons (Fsp3) is 0.455. The first-order chi connectivity index (χ1) is 6.16. The lowest BCUT2D eigenvalue weighted by atomic mass is 10.0. The van der Waals surface area contributed by atoms with Crippen molar-refractivity contribution in [1.82, 2.24) is 0 Å². The van der Waals surface area contributed by atoms with Crippen molar-refractivity contribution >= 4 is 23.2 Å². The predicted molar refractivity (Wildman–Crippen MR) is 59.8 cm³/mol. The first kappa shape index (κ1) is 10.9. The van der Waals surface area contributed by atoms with Gasteiger partial charge in [-0.15, -0.1) is 0 Å². The molecule has 0 saturated heterocycles. The molecule has 0 spiro atoms. The maximum absolute atomic E-state index is 6.03. The van der Waals surface area contributed by atoms with Gasteiger partial charge in [-0.25, -0.2) is 0 Å². The summed E-state index contributed by atoms with van der Waals surface area (Å²) in [6.07, 6.45) is 3.51. The minimum absolute atomic E-state index is 0.652. The van der Waals surface area contributed by atoms with Crippen LogP contribution in [0.2, 0.25) is 10.0 Å². The summed E-state index contributed by atoms with van der Waals surface area (Å²) in [7, 11) is 0. The summed E-state index contributed by atoms with van der Waals surface area (Å²) in [5, 5.41) is 1.36. The topological polar surface area (TPSA) is 0 Å². The average molecular weight is 217 g/mol. The molecule has 2 heteroatoms. The summed E-state index contributed by atoms with van der Waals surface area (Å²) >= 11 is 11.9. The van der Waals surface area contributed by atoms with Crippen LogP contribution in [0, 0.1) is 6.92 Å². The van der Waals surface area contributed by atoms with E-state index in [0.717, 1.165) is 12.0 Å². The van der Waals surface area contributed by atoms with Crippen molar-refractivity contribution in [3.63, 3.8) is 0 Å². The standard InChI is InChI=1S/C11H14Cl2/c1-3-4-5-9-6-7-10(12)11(13)8(9)2/h6-7H,3-5H2,1-2H3. The first-order valence-corrected chi connectivity index (χ1v) is 5.36. The zero-order valence-electron chi connectivity index (χ0n) is 8.03. The molecule has 0 aromatic heterocycles. The van der Waals surface area contributed by atoms with E-state index in [1.165, 1.54) is 18.4 Å². The first-order valence-electron chi connectivity index (χ1n) is 4.60. The highest BCUT2D eigenvalue weighted by molar-refractivity contribution is 6.42. The number of benzene rings is 1. The van der Waals surface area contributed by atoms with Crippen molar-refractivity contribution in [3.05, 3.63) is 33.3 Å². The van der Waals surface area contributed by atoms with Gasteiger partial charge in [0.2, 0.25) is 0 Å². The Morgan fingerprint density at radius 1 is 1.23 bits per heavy atom. The third-order valence-corrected chi connectivity index (χ3v) is 3.15. The lowest BCUT2D eigenvalue weighted by molar-refractivity contribution is 0.791. The van der Waals surface area contributed by atoms with E-state index in [9.17, 15) is 0 Å². The molecule has 1 aromatic carbocycles. The van der Waals surface area contributed by atoms with E-state index in [1.807, 2.05) is 13.0 Å². The van der Waals surface area contributed by atoms with Crippen molar-refractivity contribution < 1.29 is 0 Å². The third kappa shape index (κ3) is 2.62. The van der Waals surface area contributed by atoms with Crippen LogP contribution in [-0.4, -0.2) is 0 Å². The molecule has 1 rings (SSSR count). The number of halogens is 2. The normalized spacial score (nSPS) is 10.5. The molecule has 0 aliphatic carbocycles. The second-order valence-corrected chi connectivity index (χ2v) is 4.03. The molecule has 72 valence electrons. The summed E-state index contributed by atoms with van der Waals surface area (Å²) in [5.41, 5.74) is 2.44. The maximum Gasteiger partial charge on any atom is 0.0624 e. The maximum atomic E-state index is 6.03. The largest absolute Gasteiger partial charge is 0.0827 e. The molecule has 0 amide bonds. The summed E-state index contributed by atoms with van der Waals surface area (Å²) < 4.78 is 0. The van der Waals surface area contributed by atoms with Crippen molar-refractivity contribution in [2.45, 2.75) is 33.1 Å². The van der Waals surface area contributed by atoms with Crippen molar-refractivity contribution in [2.24, 2.45) is 0 Å². The van der Waals surface area contributed by atoms with Crippen LogP contribution in [0.4, 0.5) is 0 Å². The minimum atomic E-state index is 0.652. The Labute approximate surface area is 89.9 Å². The van der Waals surface area contributed by atoms with E-state index >= 15 is 0 Å². The lowest BCUT2D eigenvalue weighted by Gasteiger charge is -2.07. The van der Waals surface area contributed by atoms with E-state index in [2.05, 4.69) is 13.0 Å². The highest BCUT2D eigenvalue weighted by Gasteiger charge is 2.05. The molecule has 13 heavy (non-hydrogen) atoms. The molecule has 0 atom stereocenters. The molecular weight excluding hydrogens is 203 g/mol. The molecule has 0 fully saturated rings. The summed E-state index contributed by atoms with van der Waals surface area (Å²) in [6.45, 7) is 4.21. The summed E-state index contributed by atoms with van der Waals surface area (Å²) in [4.78, 5) is 0. The third-order valence-electron chi connectivity index (χ3n) is 2.25. The predicted octanol–water partition coefficient (Wildman–Crippen LogP) is 4.64. The molecule has 0 aliphatic heterocycles. The summed E-state index contributed by atoms with van der Waals surface area (Å²) in [5.74, 6) is 0. The summed E-state index contributed by atoms with van der Waals surface area (Å²) in [6, 6.07) is 3.95. The Hall–Kier alpha value is -0.200. The van der Waals surface area contributed by atoms with E-state index in [4.69, 9.17) is 23.2 Å². The van der Waals surface area contributed by atoms with Gasteiger partial charge in [-0.1, -0.05) is 42.6 Å². The van der Waals surface area contributed by atoms with Crippen LogP contribution in [0.25, 0.3) is 0 Å². The molecular formula is C11H14Cl2. The quantitative estimate of drug-likeness (QED) is 0.691. The van der Waals surface area contributed by atoms with Gasteiger partial charge in [-0.3, -0.25) is 0 Å². The monoisotopic (exact) mass is 216 g/mol. The van der Waals surface area contributed by atoms with Crippen LogP contribution in [0.15, 0.2) is 12.1 Å². The Balaban J connectivity index is 2.90. The fourth-order valence-electron chi connectivity index (χ4n) is 1.33. The lowest BCUT2D eigenvalue weighted by Crippen LogP contribution is -1.90. The van der Waals surface area contributed by atoms with Gasteiger partial charge in [0.05, 0.1) is 10.0 Å². The van der Waals surface area contributed by atoms with Crippen molar-refractivity contribution in [3.8, 4) is 0 Å². The second-order valence-electron chi connectivity index (χ2n) is 3.25. The number of rotatable bonds is 3. The van der Waals surface area contributed by atoms with E-state index < -0.39 is 0 Å². The Morgan fingerprint density at radius 2 is 1.92 bits per heavy atom. The zero-order valence-corrected chi connectivity index (χ0v) is 9.54. The van der Waals surface area contributed by atoms with Crippen LogP contribution in [-0.2, 0) is 6.42 Å². The van der Waals surface area contributed by atoms with Crippen LogP contribution in [0.1, 0.15) is 30.9 Å². The molecule has 1 aromatic rings. The van der Waals surface area contributed by atoms with E-state index in [-0.39, 0.29) is 0 Å². The molecule has 0 unspecified atom stereocenters. The zero-order chi connectivity index (χ0) is 9.84. The van der Waals surface area contributed by atoms with Crippen LogP contribution in [0.3, 0.4) is 0 Å². The number of unbranched alkanes of at least 4 members (excludes halogenated alkanes) is 1. The molecule has 0 heterocycles. The van der Waals surface area contributed by atoms with Gasteiger partial charge < -0.3 is 0 Å². The molecule has 0 saturated carbocycles. The number of hydrogen-bond donors (Lipinski definition) is 0. The Bertz CT molecular complexity index is 292. The van der Waals surface area contributed by atoms with Gasteiger partial charge in [-0.2, -0.15) is 0 Å². The number of aryl methyl sites for hydroxylation is 1. The van der Waals surface area contributed by atoms with Crippen molar-refractivity contribution in [1.29, 1.82) is 0 Å². The Kier molecular flexibility index (Phi) is 4.08. The highest BCUT2D eigenvalue weighted by atomic mass is 35.5. The SMILES string of the molecule is CCCCc1ccc(Cl)c(Cl)c1C. The van der Waals surface area contributed by atoms with Gasteiger partial charge in [0.25, 0.3) is 0 Å². The highest BCUT2D eigenvalue weighted by Crippen LogP contribution is 2.28.